The van der Waals surface area contributed by atoms with Crippen molar-refractivity contribution in [2.75, 3.05) is 10.6 Å². The van der Waals surface area contributed by atoms with E-state index >= 15 is 0 Å². The van der Waals surface area contributed by atoms with Crippen LogP contribution in [-0.2, 0) is 9.59 Å². The molecule has 2 aromatic heterocycles. The van der Waals surface area contributed by atoms with Gasteiger partial charge >= 0.3 is 0 Å². The Hall–Kier alpha value is -4.08. The molecule has 0 fully saturated rings. The number of pyridine rings is 2. The van der Waals surface area contributed by atoms with Gasteiger partial charge in [0.2, 0.25) is 23.6 Å². The minimum atomic E-state index is -0.635. The number of nitrogens with zero attached hydrogens (tertiary/aromatic N) is 2. The number of aromatic nitrogens is 2. The summed E-state index contributed by atoms with van der Waals surface area (Å²) >= 11 is 0. The van der Waals surface area contributed by atoms with Crippen molar-refractivity contribution in [2.24, 2.45) is 11.5 Å². The Kier molecular flexibility index (Phi) is 5.72. The zero-order valence-electron chi connectivity index (χ0n) is 13.3. The molecule has 0 spiro atoms. The largest absolute Gasteiger partial charge is 0.366 e. The maximum absolute atomic E-state index is 11.7. The van der Waals surface area contributed by atoms with Gasteiger partial charge in [-0.1, -0.05) is 0 Å². The Morgan fingerprint density at radius 1 is 0.731 bits per heavy atom. The SMILES string of the molecule is NC(=O)c1ccc(NC(=O)C=CC(=O)Nc2ccc(C(N)=O)cn2)nc1. The standard InChI is InChI=1S/C16H14N6O4/c17-15(25)9-1-3-11(19-7-9)21-13(23)5-6-14(24)22-12-4-2-10(8-20-12)16(18)26/h1-8H,(H2,17,25)(H2,18,26)(H,19,21,23)(H,20,22,24). The van der Waals surface area contributed by atoms with Crippen LogP contribution in [0.1, 0.15) is 20.7 Å². The lowest BCUT2D eigenvalue weighted by Crippen LogP contribution is -2.15. The normalized spacial score (nSPS) is 10.3. The number of nitrogens with one attached hydrogen (secondary N) is 2. The Morgan fingerprint density at radius 3 is 1.38 bits per heavy atom. The quantitative estimate of drug-likeness (QED) is 0.524. The topological polar surface area (TPSA) is 170 Å². The fourth-order valence-electron chi connectivity index (χ4n) is 1.71. The van der Waals surface area contributed by atoms with Crippen LogP contribution in [0.4, 0.5) is 11.6 Å². The molecule has 10 nitrogen and oxygen atoms in total. The van der Waals surface area contributed by atoms with Gasteiger partial charge in [-0.05, 0) is 24.3 Å². The summed E-state index contributed by atoms with van der Waals surface area (Å²) in [5, 5.41) is 4.82. The maximum atomic E-state index is 11.7. The zero-order chi connectivity index (χ0) is 19.1. The summed E-state index contributed by atoms with van der Waals surface area (Å²) in [5.41, 5.74) is 10.6. The molecule has 6 N–H and O–H groups in total. The van der Waals surface area contributed by atoms with E-state index in [9.17, 15) is 19.2 Å². The van der Waals surface area contributed by atoms with Crippen molar-refractivity contribution in [1.82, 2.24) is 9.97 Å². The fraction of sp³-hybridized carbons (Fsp3) is 0. The number of primary amides is 2. The van der Waals surface area contributed by atoms with E-state index in [1.165, 1.54) is 36.7 Å². The van der Waals surface area contributed by atoms with Gasteiger partial charge in [-0.15, -0.1) is 0 Å². The van der Waals surface area contributed by atoms with Crippen molar-refractivity contribution >= 4 is 35.3 Å². The first-order chi connectivity index (χ1) is 12.3. The first kappa shape index (κ1) is 18.3. The van der Waals surface area contributed by atoms with Gasteiger partial charge in [-0.3, -0.25) is 19.2 Å². The molecule has 4 amide bonds. The number of rotatable bonds is 6. The molecule has 0 bridgehead atoms. The molecule has 2 aromatic rings. The van der Waals surface area contributed by atoms with Gasteiger partial charge in [0.25, 0.3) is 0 Å². The predicted molar refractivity (Wildman–Crippen MR) is 91.9 cm³/mol. The third kappa shape index (κ3) is 5.23. The van der Waals surface area contributed by atoms with E-state index < -0.39 is 23.6 Å². The van der Waals surface area contributed by atoms with Crippen molar-refractivity contribution in [3.8, 4) is 0 Å². The number of carbonyl (C=O) groups is 4. The lowest BCUT2D eigenvalue weighted by atomic mass is 10.3. The van der Waals surface area contributed by atoms with Crippen LogP contribution in [-0.4, -0.2) is 33.6 Å². The minimum Gasteiger partial charge on any atom is -0.366 e. The highest BCUT2D eigenvalue weighted by molar-refractivity contribution is 6.06. The number of amides is 4. The molecular formula is C16H14N6O4. The number of hydrogen-bond acceptors (Lipinski definition) is 6. The van der Waals surface area contributed by atoms with Crippen LogP contribution < -0.4 is 22.1 Å². The first-order valence-electron chi connectivity index (χ1n) is 7.17. The summed E-state index contributed by atoms with van der Waals surface area (Å²) in [7, 11) is 0. The molecule has 0 radical (unpaired) electrons. The summed E-state index contributed by atoms with van der Waals surface area (Å²) in [5.74, 6) is -2.09. The van der Waals surface area contributed by atoms with Crippen LogP contribution in [0.2, 0.25) is 0 Å². The van der Waals surface area contributed by atoms with E-state index in [-0.39, 0.29) is 22.8 Å². The average Bonchev–Trinajstić information content (AvgIpc) is 2.61. The van der Waals surface area contributed by atoms with Crippen molar-refractivity contribution in [2.45, 2.75) is 0 Å². The molecule has 0 aliphatic heterocycles. The van der Waals surface area contributed by atoms with E-state index in [0.29, 0.717) is 0 Å². The monoisotopic (exact) mass is 354 g/mol. The maximum Gasteiger partial charge on any atom is 0.250 e. The van der Waals surface area contributed by atoms with Crippen LogP contribution in [0.25, 0.3) is 0 Å². The van der Waals surface area contributed by atoms with Gasteiger partial charge in [-0.25, -0.2) is 9.97 Å². The number of nitrogens with two attached hydrogens (primary N) is 2. The molecule has 0 aromatic carbocycles. The highest BCUT2D eigenvalue weighted by Crippen LogP contribution is 2.06. The average molecular weight is 354 g/mol. The highest BCUT2D eigenvalue weighted by Gasteiger charge is 2.05. The molecule has 10 heteroatoms. The first-order valence-corrected chi connectivity index (χ1v) is 7.17. The van der Waals surface area contributed by atoms with Crippen LogP contribution >= 0.6 is 0 Å². The van der Waals surface area contributed by atoms with Crippen LogP contribution in [0, 0.1) is 0 Å². The Bertz CT molecular complexity index is 801. The van der Waals surface area contributed by atoms with Crippen LogP contribution in [0.5, 0.6) is 0 Å². The Labute approximate surface area is 147 Å². The zero-order valence-corrected chi connectivity index (χ0v) is 13.3. The van der Waals surface area contributed by atoms with E-state index in [1.54, 1.807) is 0 Å². The van der Waals surface area contributed by atoms with Crippen molar-refractivity contribution in [3.63, 3.8) is 0 Å². The molecule has 132 valence electrons. The van der Waals surface area contributed by atoms with Gasteiger partial charge in [0, 0.05) is 24.5 Å². The predicted octanol–water partition coefficient (Wildman–Crippen LogP) is -0.192. The summed E-state index contributed by atoms with van der Waals surface area (Å²) in [6, 6.07) is 5.61. The van der Waals surface area contributed by atoms with Crippen LogP contribution in [0.3, 0.4) is 0 Å². The molecule has 0 saturated carbocycles. The second-order valence-electron chi connectivity index (χ2n) is 4.90. The summed E-state index contributed by atoms with van der Waals surface area (Å²) in [6.45, 7) is 0. The summed E-state index contributed by atoms with van der Waals surface area (Å²) < 4.78 is 0. The van der Waals surface area contributed by atoms with Gasteiger partial charge in [0.1, 0.15) is 11.6 Å². The number of hydrogen-bond donors (Lipinski definition) is 4. The highest BCUT2D eigenvalue weighted by atomic mass is 16.2. The molecule has 2 rings (SSSR count). The van der Waals surface area contributed by atoms with E-state index in [0.717, 1.165) is 12.2 Å². The smallest absolute Gasteiger partial charge is 0.250 e. The molecule has 0 aliphatic carbocycles. The van der Waals surface area contributed by atoms with Crippen molar-refractivity contribution < 1.29 is 19.2 Å². The van der Waals surface area contributed by atoms with Crippen molar-refractivity contribution in [1.29, 1.82) is 0 Å². The Balaban J connectivity index is 1.89. The molecule has 26 heavy (non-hydrogen) atoms. The fourth-order valence-corrected chi connectivity index (χ4v) is 1.71. The third-order valence-corrected chi connectivity index (χ3v) is 2.98. The Morgan fingerprint density at radius 2 is 1.12 bits per heavy atom. The summed E-state index contributed by atoms with van der Waals surface area (Å²) in [4.78, 5) is 53.0. The molecule has 0 atom stereocenters. The van der Waals surface area contributed by atoms with E-state index in [1.807, 2.05) is 0 Å². The van der Waals surface area contributed by atoms with Gasteiger partial charge in [0.15, 0.2) is 0 Å². The summed E-state index contributed by atoms with van der Waals surface area (Å²) in [6.07, 6.45) is 4.43. The second-order valence-corrected chi connectivity index (χ2v) is 4.90. The van der Waals surface area contributed by atoms with Crippen molar-refractivity contribution in [3.05, 3.63) is 59.9 Å². The van der Waals surface area contributed by atoms with Crippen LogP contribution in [0.15, 0.2) is 48.8 Å². The lowest BCUT2D eigenvalue weighted by Gasteiger charge is -2.03. The molecular weight excluding hydrogens is 340 g/mol. The van der Waals surface area contributed by atoms with Gasteiger partial charge in [-0.2, -0.15) is 0 Å². The minimum absolute atomic E-state index is 0.189. The van der Waals surface area contributed by atoms with Gasteiger partial charge < -0.3 is 22.1 Å². The number of anilines is 2. The molecule has 0 saturated heterocycles. The van der Waals surface area contributed by atoms with Gasteiger partial charge in [0.05, 0.1) is 11.1 Å². The van der Waals surface area contributed by atoms with E-state index in [2.05, 4.69) is 20.6 Å². The number of carbonyl (C=O) groups excluding carboxylic acids is 4. The van der Waals surface area contributed by atoms with E-state index in [4.69, 9.17) is 11.5 Å². The third-order valence-electron chi connectivity index (χ3n) is 2.98. The molecule has 0 unspecified atom stereocenters. The lowest BCUT2D eigenvalue weighted by molar-refractivity contribution is -0.114. The molecule has 0 aliphatic rings. The second kappa shape index (κ2) is 8.15. The molecule has 2 heterocycles.